The highest BCUT2D eigenvalue weighted by Crippen LogP contribution is 2.49. The maximum Gasteiger partial charge on any atom is 0.247 e. The Bertz CT molecular complexity index is 773. The first-order chi connectivity index (χ1) is 13.2. The molecule has 0 bridgehead atoms. The third kappa shape index (κ3) is 3.59. The van der Waals surface area contributed by atoms with Crippen LogP contribution < -0.4 is 0 Å². The summed E-state index contributed by atoms with van der Waals surface area (Å²) in [5.74, 6) is 1.22. The molecule has 0 saturated carbocycles. The van der Waals surface area contributed by atoms with Crippen LogP contribution in [0.3, 0.4) is 0 Å². The first-order valence-electron chi connectivity index (χ1n) is 9.30. The number of hydrogen-bond donors (Lipinski definition) is 0. The summed E-state index contributed by atoms with van der Waals surface area (Å²) in [6.45, 7) is 3.13. The zero-order chi connectivity index (χ0) is 18.7. The highest BCUT2D eigenvalue weighted by molar-refractivity contribution is 5.77. The molecule has 1 amide bonds. The molecule has 8 nitrogen and oxygen atoms in total. The average Bonchev–Trinajstić information content (AvgIpc) is 3.33. The second-order valence-corrected chi connectivity index (χ2v) is 7.23. The lowest BCUT2D eigenvalue weighted by Crippen LogP contribution is -2.37. The van der Waals surface area contributed by atoms with Crippen LogP contribution in [0.4, 0.5) is 0 Å². The van der Waals surface area contributed by atoms with Gasteiger partial charge in [0.05, 0.1) is 18.9 Å². The van der Waals surface area contributed by atoms with Crippen molar-refractivity contribution in [3.63, 3.8) is 0 Å². The molecule has 1 spiro atoms. The van der Waals surface area contributed by atoms with Gasteiger partial charge in [-0.2, -0.15) is 0 Å². The molecular formula is C19H24N4O4. The van der Waals surface area contributed by atoms with Crippen LogP contribution in [0.25, 0.3) is 11.5 Å². The Morgan fingerprint density at radius 1 is 1.30 bits per heavy atom. The second-order valence-electron chi connectivity index (χ2n) is 7.23. The first kappa shape index (κ1) is 18.1. The quantitative estimate of drug-likeness (QED) is 0.791. The smallest absolute Gasteiger partial charge is 0.247 e. The molecule has 2 fully saturated rings. The van der Waals surface area contributed by atoms with E-state index < -0.39 is 0 Å². The fourth-order valence-corrected chi connectivity index (χ4v) is 4.12. The van der Waals surface area contributed by atoms with Crippen LogP contribution in [0, 0.1) is 5.41 Å². The van der Waals surface area contributed by atoms with Crippen molar-refractivity contribution in [1.29, 1.82) is 0 Å². The number of nitrogens with zero attached hydrogens (tertiary/aromatic N) is 4. The monoisotopic (exact) mass is 372 g/mol. The molecule has 0 aromatic carbocycles. The van der Waals surface area contributed by atoms with Crippen LogP contribution in [0.15, 0.2) is 28.9 Å². The summed E-state index contributed by atoms with van der Waals surface area (Å²) in [4.78, 5) is 18.5. The van der Waals surface area contributed by atoms with Crippen molar-refractivity contribution < 1.29 is 18.7 Å². The van der Waals surface area contributed by atoms with E-state index >= 15 is 0 Å². The summed E-state index contributed by atoms with van der Waals surface area (Å²) >= 11 is 0. The molecule has 0 N–H and O–H groups in total. The van der Waals surface area contributed by atoms with Crippen molar-refractivity contribution in [2.75, 3.05) is 40.0 Å². The van der Waals surface area contributed by atoms with Gasteiger partial charge in [0.2, 0.25) is 17.7 Å². The SMILES string of the molecule is COCCC(=O)N1CC(c2nnc(-c3ccncc3)o2)C2(CCOCC2)C1. The number of pyridine rings is 1. The largest absolute Gasteiger partial charge is 0.420 e. The zero-order valence-corrected chi connectivity index (χ0v) is 15.5. The Kier molecular flexibility index (Phi) is 5.18. The van der Waals surface area contributed by atoms with Gasteiger partial charge in [0, 0.05) is 56.8 Å². The fraction of sp³-hybridized carbons (Fsp3) is 0.579. The summed E-state index contributed by atoms with van der Waals surface area (Å²) in [6, 6.07) is 3.69. The zero-order valence-electron chi connectivity index (χ0n) is 15.5. The molecule has 0 radical (unpaired) electrons. The lowest BCUT2D eigenvalue weighted by atomic mass is 9.72. The van der Waals surface area contributed by atoms with Crippen molar-refractivity contribution in [3.05, 3.63) is 30.4 Å². The van der Waals surface area contributed by atoms with Crippen LogP contribution in [-0.2, 0) is 14.3 Å². The van der Waals surface area contributed by atoms with E-state index in [-0.39, 0.29) is 17.2 Å². The van der Waals surface area contributed by atoms with Crippen LogP contribution in [0.2, 0.25) is 0 Å². The van der Waals surface area contributed by atoms with Crippen LogP contribution in [0.1, 0.15) is 31.1 Å². The van der Waals surface area contributed by atoms with Gasteiger partial charge in [-0.25, -0.2) is 0 Å². The number of amides is 1. The lowest BCUT2D eigenvalue weighted by molar-refractivity contribution is -0.131. The number of carbonyl (C=O) groups is 1. The molecule has 1 unspecified atom stereocenters. The van der Waals surface area contributed by atoms with Crippen LogP contribution in [-0.4, -0.2) is 66.0 Å². The number of carbonyl (C=O) groups excluding carboxylic acids is 1. The van der Waals surface area contributed by atoms with Gasteiger partial charge in [-0.1, -0.05) is 0 Å². The summed E-state index contributed by atoms with van der Waals surface area (Å²) in [6.07, 6.45) is 5.56. The summed E-state index contributed by atoms with van der Waals surface area (Å²) in [7, 11) is 1.61. The maximum absolute atomic E-state index is 12.6. The standard InChI is InChI=1S/C19H24N4O4/c1-25-9-4-16(24)23-12-15(19(13-23)5-10-26-11-6-19)18-22-21-17(27-18)14-2-7-20-8-3-14/h2-3,7-8,15H,4-6,9-13H2,1H3. The van der Waals surface area contributed by atoms with E-state index in [0.29, 0.717) is 51.1 Å². The molecule has 0 aliphatic carbocycles. The van der Waals surface area contributed by atoms with Crippen molar-refractivity contribution in [1.82, 2.24) is 20.1 Å². The van der Waals surface area contributed by atoms with Gasteiger partial charge in [-0.15, -0.1) is 10.2 Å². The minimum Gasteiger partial charge on any atom is -0.420 e. The predicted octanol–water partition coefficient (Wildman–Crippen LogP) is 1.89. The molecule has 2 aliphatic heterocycles. The second kappa shape index (κ2) is 7.74. The number of rotatable bonds is 5. The highest BCUT2D eigenvalue weighted by atomic mass is 16.5. The van der Waals surface area contributed by atoms with Crippen molar-refractivity contribution >= 4 is 5.91 Å². The molecule has 8 heteroatoms. The van der Waals surface area contributed by atoms with Gasteiger partial charge in [0.25, 0.3) is 0 Å². The average molecular weight is 372 g/mol. The molecular weight excluding hydrogens is 348 g/mol. The number of ether oxygens (including phenoxy) is 2. The van der Waals surface area contributed by atoms with Gasteiger partial charge >= 0.3 is 0 Å². The molecule has 2 aromatic rings. The van der Waals surface area contributed by atoms with E-state index in [1.807, 2.05) is 17.0 Å². The van der Waals surface area contributed by atoms with Crippen molar-refractivity contribution in [3.8, 4) is 11.5 Å². The minimum absolute atomic E-state index is 0.0241. The summed E-state index contributed by atoms with van der Waals surface area (Å²) < 4.78 is 16.7. The Morgan fingerprint density at radius 2 is 2.07 bits per heavy atom. The normalized spacial score (nSPS) is 21.7. The van der Waals surface area contributed by atoms with Gasteiger partial charge in [-0.05, 0) is 25.0 Å². The maximum atomic E-state index is 12.6. The molecule has 2 aromatic heterocycles. The van der Waals surface area contributed by atoms with Crippen LogP contribution in [0.5, 0.6) is 0 Å². The van der Waals surface area contributed by atoms with Gasteiger partial charge in [0.15, 0.2) is 0 Å². The van der Waals surface area contributed by atoms with E-state index in [0.717, 1.165) is 18.4 Å². The molecule has 2 saturated heterocycles. The third-order valence-corrected chi connectivity index (χ3v) is 5.68. The third-order valence-electron chi connectivity index (χ3n) is 5.68. The Morgan fingerprint density at radius 3 is 2.81 bits per heavy atom. The first-order valence-corrected chi connectivity index (χ1v) is 9.30. The molecule has 2 aliphatic rings. The van der Waals surface area contributed by atoms with Crippen molar-refractivity contribution in [2.45, 2.75) is 25.2 Å². The fourth-order valence-electron chi connectivity index (χ4n) is 4.12. The molecule has 144 valence electrons. The summed E-state index contributed by atoms with van der Waals surface area (Å²) in [5.41, 5.74) is 0.777. The number of aromatic nitrogens is 3. The predicted molar refractivity (Wildman–Crippen MR) is 95.8 cm³/mol. The minimum atomic E-state index is -0.0664. The van der Waals surface area contributed by atoms with Crippen LogP contribution >= 0.6 is 0 Å². The number of methoxy groups -OCH3 is 1. The van der Waals surface area contributed by atoms with E-state index in [1.165, 1.54) is 0 Å². The van der Waals surface area contributed by atoms with E-state index in [1.54, 1.807) is 19.5 Å². The molecule has 4 heterocycles. The van der Waals surface area contributed by atoms with Crippen molar-refractivity contribution in [2.24, 2.45) is 5.41 Å². The van der Waals surface area contributed by atoms with Gasteiger partial charge < -0.3 is 18.8 Å². The molecule has 1 atom stereocenters. The number of hydrogen-bond acceptors (Lipinski definition) is 7. The van der Waals surface area contributed by atoms with Gasteiger partial charge in [0.1, 0.15) is 0 Å². The Hall–Kier alpha value is -2.32. The lowest BCUT2D eigenvalue weighted by Gasteiger charge is -2.36. The molecule has 4 rings (SSSR count). The van der Waals surface area contributed by atoms with E-state index in [4.69, 9.17) is 13.9 Å². The Balaban J connectivity index is 1.59. The van der Waals surface area contributed by atoms with E-state index in [9.17, 15) is 4.79 Å². The summed E-state index contributed by atoms with van der Waals surface area (Å²) in [5, 5.41) is 8.57. The number of likely N-dealkylation sites (tertiary alicyclic amines) is 1. The van der Waals surface area contributed by atoms with E-state index in [2.05, 4.69) is 15.2 Å². The topological polar surface area (TPSA) is 90.6 Å². The Labute approximate surface area is 157 Å². The molecule has 27 heavy (non-hydrogen) atoms. The van der Waals surface area contributed by atoms with Gasteiger partial charge in [-0.3, -0.25) is 9.78 Å². The highest BCUT2D eigenvalue weighted by Gasteiger charge is 2.51.